The zero-order valence-electron chi connectivity index (χ0n) is 11.4. The van der Waals surface area contributed by atoms with Gasteiger partial charge in [-0.05, 0) is 37.7 Å². The van der Waals surface area contributed by atoms with Crippen molar-refractivity contribution in [2.75, 3.05) is 6.61 Å². The van der Waals surface area contributed by atoms with E-state index in [9.17, 15) is 4.79 Å². The third kappa shape index (κ3) is 2.29. The Kier molecular flexibility index (Phi) is 3.65. The topological polar surface area (TPSA) is 52.1 Å². The fourth-order valence-corrected chi connectivity index (χ4v) is 4.31. The van der Waals surface area contributed by atoms with E-state index in [0.717, 1.165) is 29.5 Å². The van der Waals surface area contributed by atoms with Crippen LogP contribution in [0.25, 0.3) is 10.2 Å². The van der Waals surface area contributed by atoms with Gasteiger partial charge in [0.2, 0.25) is 5.82 Å². The molecule has 2 aromatic heterocycles. The van der Waals surface area contributed by atoms with Crippen LogP contribution in [0, 0.1) is 5.92 Å². The molecule has 1 aliphatic carbocycles. The maximum absolute atomic E-state index is 11.7. The lowest BCUT2D eigenvalue weighted by atomic mass is 9.89. The first-order valence-corrected chi connectivity index (χ1v) is 7.94. The van der Waals surface area contributed by atoms with Gasteiger partial charge in [-0.15, -0.1) is 11.3 Å². The van der Waals surface area contributed by atoms with Crippen LogP contribution in [-0.2, 0) is 17.6 Å². The first-order valence-electron chi connectivity index (χ1n) is 6.75. The molecule has 1 atom stereocenters. The van der Waals surface area contributed by atoms with Crippen LogP contribution in [-0.4, -0.2) is 22.5 Å². The van der Waals surface area contributed by atoms with Crippen LogP contribution in [0.15, 0.2) is 0 Å². The van der Waals surface area contributed by atoms with Gasteiger partial charge in [-0.1, -0.05) is 18.5 Å². The first kappa shape index (κ1) is 13.8. The molecule has 0 aromatic carbocycles. The number of nitrogens with zero attached hydrogens (tertiary/aromatic N) is 2. The predicted molar refractivity (Wildman–Crippen MR) is 79.6 cm³/mol. The van der Waals surface area contributed by atoms with E-state index in [-0.39, 0.29) is 5.82 Å². The molecular weight excluding hydrogens is 296 g/mol. The highest BCUT2D eigenvalue weighted by molar-refractivity contribution is 7.19. The molecule has 0 saturated carbocycles. The fourth-order valence-electron chi connectivity index (χ4n) is 2.58. The minimum Gasteiger partial charge on any atom is -0.460 e. The van der Waals surface area contributed by atoms with Crippen LogP contribution in [0.3, 0.4) is 0 Å². The number of hydrogen-bond acceptors (Lipinski definition) is 5. The summed E-state index contributed by atoms with van der Waals surface area (Å²) in [5, 5.41) is 1.29. The van der Waals surface area contributed by atoms with Crippen LogP contribution in [0.5, 0.6) is 0 Å². The van der Waals surface area contributed by atoms with E-state index in [2.05, 4.69) is 16.9 Å². The third-order valence-electron chi connectivity index (χ3n) is 3.57. The summed E-state index contributed by atoms with van der Waals surface area (Å²) in [5.74, 6) is 0.221. The van der Waals surface area contributed by atoms with Crippen molar-refractivity contribution in [3.8, 4) is 0 Å². The summed E-state index contributed by atoms with van der Waals surface area (Å²) in [5.41, 5.74) is 1.27. The summed E-state index contributed by atoms with van der Waals surface area (Å²) in [6.45, 7) is 4.31. The van der Waals surface area contributed by atoms with Gasteiger partial charge >= 0.3 is 5.97 Å². The molecule has 0 spiro atoms. The van der Waals surface area contributed by atoms with Gasteiger partial charge in [0.05, 0.1) is 12.0 Å². The summed E-state index contributed by atoms with van der Waals surface area (Å²) in [6.07, 6.45) is 3.23. The molecule has 1 unspecified atom stereocenters. The number of fused-ring (bicyclic) bond motifs is 3. The van der Waals surface area contributed by atoms with Gasteiger partial charge < -0.3 is 4.74 Å². The minimum absolute atomic E-state index is 0.0518. The summed E-state index contributed by atoms with van der Waals surface area (Å²) < 4.78 is 4.93. The van der Waals surface area contributed by atoms with Crippen molar-refractivity contribution >= 4 is 39.1 Å². The molecule has 0 N–H and O–H groups in total. The van der Waals surface area contributed by atoms with E-state index in [1.807, 2.05) is 0 Å². The number of hydrogen-bond donors (Lipinski definition) is 0. The lowest BCUT2D eigenvalue weighted by molar-refractivity contribution is 0.0512. The van der Waals surface area contributed by atoms with Crippen molar-refractivity contribution in [3.05, 3.63) is 21.4 Å². The van der Waals surface area contributed by atoms with Gasteiger partial charge in [-0.25, -0.2) is 14.8 Å². The third-order valence-corrected chi connectivity index (χ3v) is 4.99. The predicted octanol–water partition coefficient (Wildman–Crippen LogP) is 3.65. The second-order valence-corrected chi connectivity index (χ2v) is 6.53. The number of halogens is 1. The van der Waals surface area contributed by atoms with E-state index < -0.39 is 5.97 Å². The molecule has 4 nitrogen and oxygen atoms in total. The summed E-state index contributed by atoms with van der Waals surface area (Å²) in [6, 6.07) is 0. The zero-order chi connectivity index (χ0) is 14.3. The number of carbonyl (C=O) groups is 1. The number of esters is 1. The zero-order valence-corrected chi connectivity index (χ0v) is 13.0. The smallest absolute Gasteiger partial charge is 0.376 e. The Morgan fingerprint density at radius 3 is 3.05 bits per heavy atom. The Hall–Kier alpha value is -1.20. The Labute approximate surface area is 126 Å². The number of ether oxygens (including phenoxy) is 1. The van der Waals surface area contributed by atoms with Crippen molar-refractivity contribution in [2.45, 2.75) is 33.1 Å². The maximum atomic E-state index is 11.7. The molecule has 2 aromatic rings. The van der Waals surface area contributed by atoms with E-state index >= 15 is 0 Å². The van der Waals surface area contributed by atoms with Gasteiger partial charge in [-0.2, -0.15) is 0 Å². The van der Waals surface area contributed by atoms with E-state index in [1.54, 1.807) is 18.3 Å². The van der Waals surface area contributed by atoms with Crippen LogP contribution in [0.2, 0.25) is 5.15 Å². The van der Waals surface area contributed by atoms with Crippen molar-refractivity contribution < 1.29 is 9.53 Å². The number of aryl methyl sites for hydroxylation is 1. The molecule has 0 fully saturated rings. The Balaban J connectivity index is 2.11. The largest absolute Gasteiger partial charge is 0.460 e. The maximum Gasteiger partial charge on any atom is 0.376 e. The van der Waals surface area contributed by atoms with Crippen molar-refractivity contribution in [1.82, 2.24) is 9.97 Å². The number of rotatable bonds is 2. The lowest BCUT2D eigenvalue weighted by Gasteiger charge is -2.17. The quantitative estimate of drug-likeness (QED) is 0.627. The molecule has 0 saturated heterocycles. The molecule has 106 valence electrons. The minimum atomic E-state index is -0.518. The van der Waals surface area contributed by atoms with E-state index in [0.29, 0.717) is 17.7 Å². The van der Waals surface area contributed by atoms with Crippen LogP contribution in [0.1, 0.15) is 41.3 Å². The van der Waals surface area contributed by atoms with Crippen molar-refractivity contribution in [1.29, 1.82) is 0 Å². The Morgan fingerprint density at radius 1 is 1.50 bits per heavy atom. The summed E-state index contributed by atoms with van der Waals surface area (Å²) in [4.78, 5) is 22.3. The molecule has 0 amide bonds. The highest BCUT2D eigenvalue weighted by Crippen LogP contribution is 2.39. The molecule has 0 aliphatic heterocycles. The normalized spacial score (nSPS) is 18.1. The van der Waals surface area contributed by atoms with Crippen LogP contribution >= 0.6 is 22.9 Å². The molecule has 1 aliphatic rings. The Morgan fingerprint density at radius 2 is 2.30 bits per heavy atom. The number of carbonyl (C=O) groups excluding carboxylic acids is 1. The second kappa shape index (κ2) is 5.30. The molecule has 2 heterocycles. The highest BCUT2D eigenvalue weighted by atomic mass is 35.5. The van der Waals surface area contributed by atoms with Gasteiger partial charge in [0.25, 0.3) is 0 Å². The average molecular weight is 311 g/mol. The summed E-state index contributed by atoms with van der Waals surface area (Å²) >= 11 is 7.89. The van der Waals surface area contributed by atoms with E-state index in [4.69, 9.17) is 16.3 Å². The molecule has 6 heteroatoms. The fraction of sp³-hybridized carbons (Fsp3) is 0.500. The molecule has 3 rings (SSSR count). The molecule has 20 heavy (non-hydrogen) atoms. The standard InChI is InChI=1S/C14H15ClN2O2S/c1-3-19-14(18)12-16-11(15)10-8-5-4-7(2)6-9(8)20-13(10)17-12/h7H,3-6H2,1-2H3. The monoisotopic (exact) mass is 310 g/mol. The molecular formula is C14H15ClN2O2S. The average Bonchev–Trinajstić information content (AvgIpc) is 2.76. The SMILES string of the molecule is CCOC(=O)c1nc(Cl)c2c3c(sc2n1)CC(C)CC3. The lowest BCUT2D eigenvalue weighted by Crippen LogP contribution is -2.10. The van der Waals surface area contributed by atoms with E-state index in [1.165, 1.54) is 10.4 Å². The highest BCUT2D eigenvalue weighted by Gasteiger charge is 2.24. The molecule has 0 bridgehead atoms. The van der Waals surface area contributed by atoms with Gasteiger partial charge in [0.1, 0.15) is 9.98 Å². The first-order chi connectivity index (χ1) is 9.60. The van der Waals surface area contributed by atoms with Gasteiger partial charge in [0, 0.05) is 4.88 Å². The Bertz CT molecular complexity index is 683. The van der Waals surface area contributed by atoms with Gasteiger partial charge in [-0.3, -0.25) is 0 Å². The second-order valence-electron chi connectivity index (χ2n) is 5.09. The van der Waals surface area contributed by atoms with Crippen LogP contribution in [0.4, 0.5) is 0 Å². The summed E-state index contributed by atoms with van der Waals surface area (Å²) in [7, 11) is 0. The molecule has 0 radical (unpaired) electrons. The van der Waals surface area contributed by atoms with Crippen molar-refractivity contribution in [2.24, 2.45) is 5.92 Å². The van der Waals surface area contributed by atoms with Gasteiger partial charge in [0.15, 0.2) is 0 Å². The number of aromatic nitrogens is 2. The van der Waals surface area contributed by atoms with Crippen molar-refractivity contribution in [3.63, 3.8) is 0 Å². The number of thiophene rings is 1. The van der Waals surface area contributed by atoms with Crippen LogP contribution < -0.4 is 0 Å².